The van der Waals surface area contributed by atoms with Gasteiger partial charge in [0.15, 0.2) is 5.43 Å². The number of thiazole rings is 1. The number of rotatable bonds is 5. The first-order valence-corrected chi connectivity index (χ1v) is 11.7. The largest absolute Gasteiger partial charge is 0.496 e. The molecule has 0 fully saturated rings. The highest BCUT2D eigenvalue weighted by Crippen LogP contribution is 2.44. The highest BCUT2D eigenvalue weighted by molar-refractivity contribution is 9.11. The van der Waals surface area contributed by atoms with Crippen LogP contribution in [0, 0.1) is 5.92 Å². The van der Waals surface area contributed by atoms with E-state index in [9.17, 15) is 9.59 Å². The van der Waals surface area contributed by atoms with Gasteiger partial charge in [0.05, 0.1) is 35.0 Å². The molecule has 31 heavy (non-hydrogen) atoms. The molecule has 1 aliphatic heterocycles. The maximum absolute atomic E-state index is 12.8. The number of nitrogens with zero attached hydrogens (tertiary/aromatic N) is 2. The standard InChI is InChI=1S/C23H23BrN2O4S/c1-5-30-23(28)16-11-26-17(12(2)3)7-13-6-15(22-25-10-21(24)31-22)20(29-4)8-14(13)18(26)9-19(16)27/h6,8-12,17H,5,7H2,1-4H3. The fraction of sp³-hybridized carbons (Fsp3) is 0.348. The van der Waals surface area contributed by atoms with Gasteiger partial charge in [0.2, 0.25) is 0 Å². The molecule has 4 rings (SSSR count). The molecule has 8 heteroatoms. The van der Waals surface area contributed by atoms with E-state index in [1.807, 2.05) is 10.6 Å². The lowest BCUT2D eigenvalue weighted by molar-refractivity contribution is 0.0523. The van der Waals surface area contributed by atoms with E-state index in [2.05, 4.69) is 40.8 Å². The molecule has 3 heterocycles. The summed E-state index contributed by atoms with van der Waals surface area (Å²) in [5, 5.41) is 0.869. The molecule has 0 saturated carbocycles. The van der Waals surface area contributed by atoms with Crippen LogP contribution in [0.3, 0.4) is 0 Å². The second kappa shape index (κ2) is 8.59. The maximum Gasteiger partial charge on any atom is 0.343 e. The summed E-state index contributed by atoms with van der Waals surface area (Å²) in [4.78, 5) is 29.6. The minimum Gasteiger partial charge on any atom is -0.496 e. The molecule has 0 aliphatic carbocycles. The molecule has 0 N–H and O–H groups in total. The summed E-state index contributed by atoms with van der Waals surface area (Å²) in [5.74, 6) is 0.402. The third kappa shape index (κ3) is 3.94. The van der Waals surface area contributed by atoms with E-state index in [-0.39, 0.29) is 23.6 Å². The van der Waals surface area contributed by atoms with E-state index >= 15 is 0 Å². The smallest absolute Gasteiger partial charge is 0.343 e. The third-order valence-electron chi connectivity index (χ3n) is 5.54. The third-order valence-corrected chi connectivity index (χ3v) is 7.05. The van der Waals surface area contributed by atoms with Crippen LogP contribution in [0.4, 0.5) is 0 Å². The number of methoxy groups -OCH3 is 1. The van der Waals surface area contributed by atoms with E-state index in [4.69, 9.17) is 9.47 Å². The fourth-order valence-corrected chi connectivity index (χ4v) is 5.26. The van der Waals surface area contributed by atoms with Crippen molar-refractivity contribution in [3.05, 3.63) is 55.7 Å². The number of carbonyl (C=O) groups excluding carboxylic acids is 1. The van der Waals surface area contributed by atoms with Crippen molar-refractivity contribution >= 4 is 33.2 Å². The van der Waals surface area contributed by atoms with Crippen LogP contribution in [-0.2, 0) is 11.2 Å². The van der Waals surface area contributed by atoms with Crippen molar-refractivity contribution in [2.75, 3.05) is 13.7 Å². The Morgan fingerprint density at radius 3 is 2.71 bits per heavy atom. The molecule has 1 atom stereocenters. The first-order chi connectivity index (χ1) is 14.8. The van der Waals surface area contributed by atoms with Gasteiger partial charge in [0, 0.05) is 23.9 Å². The average Bonchev–Trinajstić information content (AvgIpc) is 3.17. The predicted octanol–water partition coefficient (Wildman–Crippen LogP) is 5.34. The van der Waals surface area contributed by atoms with E-state index in [1.54, 1.807) is 43.8 Å². The van der Waals surface area contributed by atoms with Gasteiger partial charge in [-0.15, -0.1) is 11.3 Å². The van der Waals surface area contributed by atoms with Gasteiger partial charge in [-0.25, -0.2) is 9.78 Å². The second-order valence-corrected chi connectivity index (χ2v) is 10.2. The Kier molecular flexibility index (Phi) is 6.03. The van der Waals surface area contributed by atoms with Crippen LogP contribution in [-0.4, -0.2) is 29.2 Å². The number of hydrogen-bond donors (Lipinski definition) is 0. The topological polar surface area (TPSA) is 70.4 Å². The SMILES string of the molecule is CCOC(=O)c1cn2c(cc1=O)-c1cc(OC)c(-c3ncc(Br)s3)cc1CC2C(C)C. The van der Waals surface area contributed by atoms with Crippen LogP contribution < -0.4 is 10.2 Å². The van der Waals surface area contributed by atoms with E-state index in [0.29, 0.717) is 11.7 Å². The summed E-state index contributed by atoms with van der Waals surface area (Å²) < 4.78 is 13.8. The molecule has 2 aromatic heterocycles. The summed E-state index contributed by atoms with van der Waals surface area (Å²) in [6.07, 6.45) is 4.21. The van der Waals surface area contributed by atoms with Crippen LogP contribution >= 0.6 is 27.3 Å². The van der Waals surface area contributed by atoms with Gasteiger partial charge in [0.1, 0.15) is 16.3 Å². The molecule has 0 saturated heterocycles. The fourth-order valence-electron chi connectivity index (χ4n) is 4.03. The van der Waals surface area contributed by atoms with Gasteiger partial charge in [-0.1, -0.05) is 13.8 Å². The number of carbonyl (C=O) groups is 1. The van der Waals surface area contributed by atoms with Gasteiger partial charge in [-0.2, -0.15) is 0 Å². The van der Waals surface area contributed by atoms with E-state index in [0.717, 1.165) is 37.6 Å². The minimum atomic E-state index is -0.585. The summed E-state index contributed by atoms with van der Waals surface area (Å²) in [5.41, 5.74) is 3.49. The van der Waals surface area contributed by atoms with Gasteiger partial charge in [-0.05, 0) is 52.9 Å². The molecule has 6 nitrogen and oxygen atoms in total. The molecule has 1 aromatic carbocycles. The summed E-state index contributed by atoms with van der Waals surface area (Å²) >= 11 is 5.02. The number of esters is 1. The zero-order valence-corrected chi connectivity index (χ0v) is 20.2. The molecule has 0 amide bonds. The van der Waals surface area contributed by atoms with Gasteiger partial charge < -0.3 is 14.0 Å². The Labute approximate surface area is 193 Å². The van der Waals surface area contributed by atoms with Gasteiger partial charge >= 0.3 is 5.97 Å². The molecule has 1 aliphatic rings. The first-order valence-electron chi connectivity index (χ1n) is 10.1. The van der Waals surface area contributed by atoms with Crippen LogP contribution in [0.5, 0.6) is 5.75 Å². The van der Waals surface area contributed by atoms with Crippen molar-refractivity contribution in [2.24, 2.45) is 5.92 Å². The Morgan fingerprint density at radius 2 is 2.10 bits per heavy atom. The Bertz CT molecular complexity index is 1210. The summed E-state index contributed by atoms with van der Waals surface area (Å²) in [6, 6.07) is 5.72. The summed E-state index contributed by atoms with van der Waals surface area (Å²) in [6.45, 7) is 6.24. The van der Waals surface area contributed by atoms with Crippen molar-refractivity contribution in [3.8, 4) is 27.6 Å². The molecule has 162 valence electrons. The average molecular weight is 503 g/mol. The Morgan fingerprint density at radius 1 is 1.32 bits per heavy atom. The van der Waals surface area contributed by atoms with Crippen molar-refractivity contribution < 1.29 is 14.3 Å². The number of aromatic nitrogens is 2. The van der Waals surface area contributed by atoms with Gasteiger partial charge in [0.25, 0.3) is 0 Å². The van der Waals surface area contributed by atoms with E-state index in [1.165, 1.54) is 0 Å². The zero-order valence-electron chi connectivity index (χ0n) is 17.8. The molecule has 0 spiro atoms. The summed E-state index contributed by atoms with van der Waals surface area (Å²) in [7, 11) is 1.63. The van der Waals surface area contributed by atoms with Crippen molar-refractivity contribution in [2.45, 2.75) is 33.2 Å². The van der Waals surface area contributed by atoms with Crippen LogP contribution in [0.15, 0.2) is 39.2 Å². The second-order valence-electron chi connectivity index (χ2n) is 7.76. The number of pyridine rings is 1. The van der Waals surface area contributed by atoms with E-state index < -0.39 is 5.97 Å². The first kappa shape index (κ1) is 21.8. The van der Waals surface area contributed by atoms with Crippen LogP contribution in [0.2, 0.25) is 0 Å². The highest BCUT2D eigenvalue weighted by atomic mass is 79.9. The number of halogens is 1. The number of hydrogen-bond acceptors (Lipinski definition) is 6. The number of fused-ring (bicyclic) bond motifs is 3. The molecular formula is C23H23BrN2O4S. The normalized spacial score (nSPS) is 14.8. The van der Waals surface area contributed by atoms with Crippen LogP contribution in [0.25, 0.3) is 21.8 Å². The van der Waals surface area contributed by atoms with Gasteiger partial charge in [-0.3, -0.25) is 4.79 Å². The zero-order chi connectivity index (χ0) is 22.3. The van der Waals surface area contributed by atoms with Crippen molar-refractivity contribution in [1.82, 2.24) is 9.55 Å². The highest BCUT2D eigenvalue weighted by Gasteiger charge is 2.29. The number of benzene rings is 1. The van der Waals surface area contributed by atoms with Crippen molar-refractivity contribution in [1.29, 1.82) is 0 Å². The molecular weight excluding hydrogens is 480 g/mol. The monoisotopic (exact) mass is 502 g/mol. The lowest BCUT2D eigenvalue weighted by atomic mass is 9.86. The minimum absolute atomic E-state index is 0.0657. The number of ether oxygens (including phenoxy) is 2. The molecule has 0 radical (unpaired) electrons. The Hall–Kier alpha value is -2.45. The predicted molar refractivity (Wildman–Crippen MR) is 125 cm³/mol. The van der Waals surface area contributed by atoms with Crippen LogP contribution in [0.1, 0.15) is 42.7 Å². The maximum atomic E-state index is 12.8. The Balaban J connectivity index is 1.93. The quantitative estimate of drug-likeness (QED) is 0.440. The molecule has 3 aromatic rings. The lowest BCUT2D eigenvalue weighted by Crippen LogP contribution is -2.28. The van der Waals surface area contributed by atoms with Crippen molar-refractivity contribution in [3.63, 3.8) is 0 Å². The lowest BCUT2D eigenvalue weighted by Gasteiger charge is -2.34. The molecule has 0 bridgehead atoms. The molecule has 1 unspecified atom stereocenters.